The van der Waals surface area contributed by atoms with Gasteiger partial charge in [0.1, 0.15) is 0 Å². The molecular formula is C14H24N4. The molecule has 0 radical (unpaired) electrons. The second kappa shape index (κ2) is 5.65. The third kappa shape index (κ3) is 3.67. The van der Waals surface area contributed by atoms with Gasteiger partial charge >= 0.3 is 0 Å². The second-order valence-electron chi connectivity index (χ2n) is 6.12. The normalized spacial score (nSPS) is 17.7. The Hall–Kier alpha value is -1.16. The van der Waals surface area contributed by atoms with Crippen LogP contribution in [-0.2, 0) is 5.41 Å². The zero-order valence-electron chi connectivity index (χ0n) is 11.7. The average molecular weight is 248 g/mol. The van der Waals surface area contributed by atoms with E-state index in [0.29, 0.717) is 0 Å². The van der Waals surface area contributed by atoms with Gasteiger partial charge in [-0.2, -0.15) is 0 Å². The highest BCUT2D eigenvalue weighted by Gasteiger charge is 2.15. The minimum atomic E-state index is 0.119. The van der Waals surface area contributed by atoms with E-state index in [1.807, 2.05) is 12.4 Å². The third-order valence-electron chi connectivity index (χ3n) is 3.53. The molecule has 2 heterocycles. The van der Waals surface area contributed by atoms with Crippen molar-refractivity contribution in [3.05, 3.63) is 18.0 Å². The third-order valence-corrected chi connectivity index (χ3v) is 3.53. The summed E-state index contributed by atoms with van der Waals surface area (Å²) in [6.45, 7) is 9.78. The molecule has 2 rings (SSSR count). The Morgan fingerprint density at radius 2 is 1.83 bits per heavy atom. The van der Waals surface area contributed by atoms with Crippen molar-refractivity contribution >= 4 is 5.95 Å². The van der Waals surface area contributed by atoms with Gasteiger partial charge in [0.2, 0.25) is 5.95 Å². The predicted molar refractivity (Wildman–Crippen MR) is 74.8 cm³/mol. The van der Waals surface area contributed by atoms with Crippen LogP contribution >= 0.6 is 0 Å². The van der Waals surface area contributed by atoms with Gasteiger partial charge in [-0.3, -0.25) is 0 Å². The van der Waals surface area contributed by atoms with Crippen molar-refractivity contribution in [2.45, 2.75) is 39.0 Å². The van der Waals surface area contributed by atoms with Crippen LogP contribution < -0.4 is 10.6 Å². The minimum Gasteiger partial charge on any atom is -0.354 e. The quantitative estimate of drug-likeness (QED) is 0.861. The standard InChI is InChI=1S/C14H24N4/c1-14(2,3)12-9-17-13(18-10-12)16-8-11-4-6-15-7-5-11/h9-11,15H,4-8H2,1-3H3,(H,16,17,18). The summed E-state index contributed by atoms with van der Waals surface area (Å²) < 4.78 is 0. The number of hydrogen-bond donors (Lipinski definition) is 2. The van der Waals surface area contributed by atoms with E-state index in [9.17, 15) is 0 Å². The fourth-order valence-corrected chi connectivity index (χ4v) is 2.13. The molecule has 0 atom stereocenters. The van der Waals surface area contributed by atoms with Crippen molar-refractivity contribution in [3.63, 3.8) is 0 Å². The summed E-state index contributed by atoms with van der Waals surface area (Å²) >= 11 is 0. The summed E-state index contributed by atoms with van der Waals surface area (Å²) in [7, 11) is 0. The molecular weight excluding hydrogens is 224 g/mol. The van der Waals surface area contributed by atoms with Crippen molar-refractivity contribution in [1.82, 2.24) is 15.3 Å². The largest absolute Gasteiger partial charge is 0.354 e. The van der Waals surface area contributed by atoms with Crippen molar-refractivity contribution in [2.24, 2.45) is 5.92 Å². The zero-order valence-corrected chi connectivity index (χ0v) is 11.7. The molecule has 0 aromatic carbocycles. The highest BCUT2D eigenvalue weighted by Crippen LogP contribution is 2.20. The van der Waals surface area contributed by atoms with E-state index in [-0.39, 0.29) is 5.41 Å². The van der Waals surface area contributed by atoms with Crippen LogP contribution in [0.15, 0.2) is 12.4 Å². The van der Waals surface area contributed by atoms with Gasteiger partial charge in [-0.25, -0.2) is 9.97 Å². The van der Waals surface area contributed by atoms with E-state index in [1.165, 1.54) is 18.4 Å². The number of nitrogens with one attached hydrogen (secondary N) is 2. The number of rotatable bonds is 3. The first-order valence-corrected chi connectivity index (χ1v) is 6.83. The average Bonchev–Trinajstić information content (AvgIpc) is 2.37. The molecule has 0 bridgehead atoms. The van der Waals surface area contributed by atoms with Gasteiger partial charge in [0.15, 0.2) is 0 Å². The Balaban J connectivity index is 1.86. The van der Waals surface area contributed by atoms with Crippen LogP contribution in [0.1, 0.15) is 39.2 Å². The Kier molecular flexibility index (Phi) is 4.17. The number of nitrogens with zero attached hydrogens (tertiary/aromatic N) is 2. The zero-order chi connectivity index (χ0) is 13.0. The number of piperidine rings is 1. The Bertz CT molecular complexity index is 360. The molecule has 4 heteroatoms. The topological polar surface area (TPSA) is 49.8 Å². The molecule has 2 N–H and O–H groups in total. The summed E-state index contributed by atoms with van der Waals surface area (Å²) in [6.07, 6.45) is 6.34. The van der Waals surface area contributed by atoms with Crippen LogP contribution in [0.4, 0.5) is 5.95 Å². The summed E-state index contributed by atoms with van der Waals surface area (Å²) in [5.41, 5.74) is 1.29. The molecule has 1 aromatic rings. The number of anilines is 1. The molecule has 1 saturated heterocycles. The van der Waals surface area contributed by atoms with E-state index in [2.05, 4.69) is 41.4 Å². The molecule has 1 aliphatic rings. The highest BCUT2D eigenvalue weighted by atomic mass is 15.1. The molecule has 18 heavy (non-hydrogen) atoms. The first-order chi connectivity index (χ1) is 8.55. The summed E-state index contributed by atoms with van der Waals surface area (Å²) in [5.74, 6) is 1.50. The van der Waals surface area contributed by atoms with Gasteiger partial charge in [-0.05, 0) is 42.8 Å². The molecule has 0 spiro atoms. The molecule has 1 aromatic heterocycles. The van der Waals surface area contributed by atoms with Gasteiger partial charge < -0.3 is 10.6 Å². The molecule has 0 unspecified atom stereocenters. The van der Waals surface area contributed by atoms with Gasteiger partial charge in [0.05, 0.1) is 0 Å². The Labute approximate surface area is 110 Å². The van der Waals surface area contributed by atoms with Crippen LogP contribution in [-0.4, -0.2) is 29.6 Å². The molecule has 100 valence electrons. The maximum atomic E-state index is 4.39. The van der Waals surface area contributed by atoms with E-state index < -0.39 is 0 Å². The fraction of sp³-hybridized carbons (Fsp3) is 0.714. The van der Waals surface area contributed by atoms with Crippen molar-refractivity contribution in [3.8, 4) is 0 Å². The van der Waals surface area contributed by atoms with Crippen LogP contribution in [0.5, 0.6) is 0 Å². The lowest BCUT2D eigenvalue weighted by Crippen LogP contribution is -2.31. The van der Waals surface area contributed by atoms with Gasteiger partial charge in [0, 0.05) is 18.9 Å². The summed E-state index contributed by atoms with van der Waals surface area (Å²) in [4.78, 5) is 8.78. The molecule has 0 aliphatic carbocycles. The number of hydrogen-bond acceptors (Lipinski definition) is 4. The van der Waals surface area contributed by atoms with Crippen molar-refractivity contribution in [2.75, 3.05) is 25.0 Å². The Morgan fingerprint density at radius 3 is 2.39 bits per heavy atom. The Morgan fingerprint density at radius 1 is 1.22 bits per heavy atom. The SMILES string of the molecule is CC(C)(C)c1cnc(NCC2CCNCC2)nc1. The maximum Gasteiger partial charge on any atom is 0.222 e. The molecule has 1 fully saturated rings. The molecule has 0 amide bonds. The lowest BCUT2D eigenvalue weighted by atomic mass is 9.89. The van der Waals surface area contributed by atoms with Gasteiger partial charge in [-0.15, -0.1) is 0 Å². The molecule has 4 nitrogen and oxygen atoms in total. The summed E-state index contributed by atoms with van der Waals surface area (Å²) in [6, 6.07) is 0. The van der Waals surface area contributed by atoms with E-state index >= 15 is 0 Å². The lowest BCUT2D eigenvalue weighted by Gasteiger charge is -2.23. The molecule has 0 saturated carbocycles. The number of aromatic nitrogens is 2. The van der Waals surface area contributed by atoms with E-state index in [0.717, 1.165) is 31.5 Å². The minimum absolute atomic E-state index is 0.119. The first kappa shape index (κ1) is 13.3. The predicted octanol–water partition coefficient (Wildman–Crippen LogP) is 2.19. The van der Waals surface area contributed by atoms with Crippen molar-refractivity contribution < 1.29 is 0 Å². The maximum absolute atomic E-state index is 4.39. The smallest absolute Gasteiger partial charge is 0.222 e. The summed E-state index contributed by atoms with van der Waals surface area (Å²) in [5, 5.41) is 6.72. The van der Waals surface area contributed by atoms with E-state index in [1.54, 1.807) is 0 Å². The van der Waals surface area contributed by atoms with Crippen LogP contribution in [0, 0.1) is 5.92 Å². The van der Waals surface area contributed by atoms with Gasteiger partial charge in [0.25, 0.3) is 0 Å². The van der Waals surface area contributed by atoms with Gasteiger partial charge in [-0.1, -0.05) is 20.8 Å². The van der Waals surface area contributed by atoms with Crippen LogP contribution in [0.25, 0.3) is 0 Å². The highest BCUT2D eigenvalue weighted by molar-refractivity contribution is 5.27. The van der Waals surface area contributed by atoms with Crippen molar-refractivity contribution in [1.29, 1.82) is 0 Å². The monoisotopic (exact) mass is 248 g/mol. The van der Waals surface area contributed by atoms with Crippen LogP contribution in [0.2, 0.25) is 0 Å². The fourth-order valence-electron chi connectivity index (χ4n) is 2.13. The molecule has 1 aliphatic heterocycles. The van der Waals surface area contributed by atoms with E-state index in [4.69, 9.17) is 0 Å². The lowest BCUT2D eigenvalue weighted by molar-refractivity contribution is 0.389. The first-order valence-electron chi connectivity index (χ1n) is 6.83. The second-order valence-corrected chi connectivity index (χ2v) is 6.12. The van der Waals surface area contributed by atoms with Crippen LogP contribution in [0.3, 0.4) is 0 Å².